The molecule has 0 radical (unpaired) electrons. The topological polar surface area (TPSA) is 71.2 Å². The van der Waals surface area contributed by atoms with E-state index < -0.39 is 46.7 Å². The van der Waals surface area contributed by atoms with Crippen LogP contribution in [0.4, 0.5) is 26.3 Å². The number of pyridine rings is 1. The average Bonchev–Trinajstić information content (AvgIpc) is 2.68. The van der Waals surface area contributed by atoms with Crippen molar-refractivity contribution in [1.82, 2.24) is 10.3 Å². The first-order chi connectivity index (χ1) is 14.6. The Bertz CT molecular complexity index is 1270. The fourth-order valence-corrected chi connectivity index (χ4v) is 3.51. The van der Waals surface area contributed by atoms with Gasteiger partial charge < -0.3 is 15.0 Å². The molecule has 1 atom stereocenters. The van der Waals surface area contributed by atoms with Gasteiger partial charge in [-0.2, -0.15) is 13.2 Å². The fourth-order valence-electron chi connectivity index (χ4n) is 3.51. The number of rotatable bonds is 2. The summed E-state index contributed by atoms with van der Waals surface area (Å²) in [6.07, 6.45) is -4.92. The first-order valence-corrected chi connectivity index (χ1v) is 8.85. The number of fused-ring (bicyclic) bond motifs is 3. The minimum atomic E-state index is -4.92. The molecular formula is C20H12F6N2O3. The van der Waals surface area contributed by atoms with Gasteiger partial charge in [-0.25, -0.2) is 13.2 Å². The fraction of sp³-hybridized carbons (Fsp3) is 0.200. The summed E-state index contributed by atoms with van der Waals surface area (Å²) in [5, 5.41) is 2.37. The molecular weight excluding hydrogens is 430 g/mol. The van der Waals surface area contributed by atoms with Gasteiger partial charge in [0.05, 0.1) is 30.2 Å². The van der Waals surface area contributed by atoms with Crippen molar-refractivity contribution in [2.75, 3.05) is 6.61 Å². The molecule has 4 rings (SSSR count). The third kappa shape index (κ3) is 3.76. The SMILES string of the molecule is O=C(NC1COCc2[nH]c(=O)c3cc(F)c(F)cc3c21)c1ccc(C(F)(F)F)c(F)c1. The lowest BCUT2D eigenvalue weighted by Crippen LogP contribution is -2.36. The molecule has 3 aromatic rings. The van der Waals surface area contributed by atoms with Crippen molar-refractivity contribution in [3.05, 3.63) is 80.5 Å². The highest BCUT2D eigenvalue weighted by Crippen LogP contribution is 2.33. The van der Waals surface area contributed by atoms with Crippen LogP contribution in [0.2, 0.25) is 0 Å². The lowest BCUT2D eigenvalue weighted by Gasteiger charge is -2.27. The molecule has 0 saturated heterocycles. The number of amides is 1. The van der Waals surface area contributed by atoms with Crippen molar-refractivity contribution in [3.63, 3.8) is 0 Å². The van der Waals surface area contributed by atoms with Crippen LogP contribution in [0.5, 0.6) is 0 Å². The standard InChI is InChI=1S/C20H12F6N2O3/c21-12-3-8(1-2-11(12)20(24,25)26)18(29)27-15-6-31-7-16-17(15)9-4-13(22)14(23)5-10(9)19(30)28-16/h1-5,15H,6-7H2,(H,27,29)(H,28,30). The molecule has 5 nitrogen and oxygen atoms in total. The van der Waals surface area contributed by atoms with Gasteiger partial charge in [-0.3, -0.25) is 9.59 Å². The Hall–Kier alpha value is -3.34. The smallest absolute Gasteiger partial charge is 0.373 e. The van der Waals surface area contributed by atoms with Crippen LogP contribution in [-0.2, 0) is 17.5 Å². The maximum atomic E-state index is 13.8. The van der Waals surface area contributed by atoms with Crippen LogP contribution >= 0.6 is 0 Å². The van der Waals surface area contributed by atoms with E-state index in [4.69, 9.17) is 4.74 Å². The highest BCUT2D eigenvalue weighted by atomic mass is 19.4. The second-order valence-electron chi connectivity index (χ2n) is 6.89. The largest absolute Gasteiger partial charge is 0.419 e. The zero-order chi connectivity index (χ0) is 22.5. The Morgan fingerprint density at radius 3 is 2.35 bits per heavy atom. The van der Waals surface area contributed by atoms with Crippen LogP contribution in [0, 0.1) is 17.5 Å². The molecule has 2 N–H and O–H groups in total. The minimum Gasteiger partial charge on any atom is -0.373 e. The number of aromatic nitrogens is 1. The first-order valence-electron chi connectivity index (χ1n) is 8.85. The van der Waals surface area contributed by atoms with E-state index >= 15 is 0 Å². The van der Waals surface area contributed by atoms with Crippen LogP contribution in [0.15, 0.2) is 35.1 Å². The lowest BCUT2D eigenvalue weighted by molar-refractivity contribution is -0.140. The molecule has 1 unspecified atom stereocenters. The molecule has 0 bridgehead atoms. The monoisotopic (exact) mass is 442 g/mol. The Balaban J connectivity index is 1.73. The number of nitrogens with one attached hydrogen (secondary N) is 2. The quantitative estimate of drug-likeness (QED) is 0.591. The number of aromatic amines is 1. The van der Waals surface area contributed by atoms with E-state index in [1.54, 1.807) is 0 Å². The number of H-pyrrole nitrogens is 1. The van der Waals surface area contributed by atoms with E-state index in [-0.39, 0.29) is 40.8 Å². The highest BCUT2D eigenvalue weighted by molar-refractivity contribution is 5.95. The molecule has 1 aliphatic heterocycles. The van der Waals surface area contributed by atoms with Gasteiger partial charge in [0.2, 0.25) is 0 Å². The third-order valence-electron chi connectivity index (χ3n) is 4.91. The molecule has 31 heavy (non-hydrogen) atoms. The minimum absolute atomic E-state index is 0.0462. The van der Waals surface area contributed by atoms with Crippen molar-refractivity contribution in [1.29, 1.82) is 0 Å². The maximum Gasteiger partial charge on any atom is 0.419 e. The second kappa shape index (κ2) is 7.41. The highest BCUT2D eigenvalue weighted by Gasteiger charge is 2.34. The predicted octanol–water partition coefficient (Wildman–Crippen LogP) is 3.97. The molecule has 11 heteroatoms. The van der Waals surface area contributed by atoms with Crippen molar-refractivity contribution < 1.29 is 35.9 Å². The number of carbonyl (C=O) groups is 1. The van der Waals surface area contributed by atoms with Crippen LogP contribution in [0.25, 0.3) is 10.8 Å². The number of ether oxygens (including phenoxy) is 1. The van der Waals surface area contributed by atoms with Crippen molar-refractivity contribution in [3.8, 4) is 0 Å². The number of carbonyl (C=O) groups excluding carboxylic acids is 1. The molecule has 1 aromatic heterocycles. The van der Waals surface area contributed by atoms with Gasteiger partial charge in [-0.1, -0.05) is 0 Å². The molecule has 2 heterocycles. The Morgan fingerprint density at radius 1 is 1.03 bits per heavy atom. The summed E-state index contributed by atoms with van der Waals surface area (Å²) in [6, 6.07) is 2.28. The molecule has 162 valence electrons. The van der Waals surface area contributed by atoms with Crippen molar-refractivity contribution >= 4 is 16.7 Å². The van der Waals surface area contributed by atoms with Crippen LogP contribution in [0.1, 0.15) is 33.2 Å². The van der Waals surface area contributed by atoms with Crippen LogP contribution in [-0.4, -0.2) is 17.5 Å². The number of benzene rings is 2. The summed E-state index contributed by atoms with van der Waals surface area (Å²) in [7, 11) is 0. The van der Waals surface area contributed by atoms with E-state index in [2.05, 4.69) is 10.3 Å². The third-order valence-corrected chi connectivity index (χ3v) is 4.91. The predicted molar refractivity (Wildman–Crippen MR) is 95.7 cm³/mol. The first kappa shape index (κ1) is 20.9. The van der Waals surface area contributed by atoms with Crippen LogP contribution in [0.3, 0.4) is 0 Å². The average molecular weight is 442 g/mol. The van der Waals surface area contributed by atoms with Gasteiger partial charge in [0.1, 0.15) is 5.82 Å². The van der Waals surface area contributed by atoms with Gasteiger partial charge in [0.25, 0.3) is 11.5 Å². The van der Waals surface area contributed by atoms with E-state index in [9.17, 15) is 35.9 Å². The van der Waals surface area contributed by atoms with Gasteiger partial charge in [0, 0.05) is 16.8 Å². The van der Waals surface area contributed by atoms with Gasteiger partial charge in [0.15, 0.2) is 11.6 Å². The molecule has 0 aliphatic carbocycles. The second-order valence-corrected chi connectivity index (χ2v) is 6.89. The normalized spacial score (nSPS) is 16.3. The van der Waals surface area contributed by atoms with Crippen molar-refractivity contribution in [2.45, 2.75) is 18.8 Å². The van der Waals surface area contributed by atoms with E-state index in [1.165, 1.54) is 0 Å². The molecule has 0 fully saturated rings. The van der Waals surface area contributed by atoms with E-state index in [0.29, 0.717) is 12.1 Å². The van der Waals surface area contributed by atoms with Gasteiger partial charge in [-0.15, -0.1) is 0 Å². The summed E-state index contributed by atoms with van der Waals surface area (Å²) in [5.74, 6) is -4.98. The Labute approximate surface area is 169 Å². The summed E-state index contributed by atoms with van der Waals surface area (Å²) in [6.45, 7) is -0.192. The van der Waals surface area contributed by atoms with Crippen molar-refractivity contribution in [2.24, 2.45) is 0 Å². The van der Waals surface area contributed by atoms with E-state index in [0.717, 1.165) is 18.2 Å². The Morgan fingerprint density at radius 2 is 1.71 bits per heavy atom. The molecule has 0 saturated carbocycles. The molecule has 2 aromatic carbocycles. The number of hydrogen-bond acceptors (Lipinski definition) is 3. The summed E-state index contributed by atoms with van der Waals surface area (Å²) >= 11 is 0. The summed E-state index contributed by atoms with van der Waals surface area (Å²) in [5.41, 5.74) is -2.10. The zero-order valence-corrected chi connectivity index (χ0v) is 15.4. The Kier molecular flexibility index (Phi) is 5.00. The summed E-state index contributed by atoms with van der Waals surface area (Å²) < 4.78 is 84.7. The van der Waals surface area contributed by atoms with E-state index in [1.807, 2.05) is 0 Å². The molecule has 0 spiro atoms. The number of alkyl halides is 3. The lowest BCUT2D eigenvalue weighted by atomic mass is 9.96. The maximum absolute atomic E-state index is 13.8. The van der Waals surface area contributed by atoms with Gasteiger partial charge >= 0.3 is 6.18 Å². The zero-order valence-electron chi connectivity index (χ0n) is 15.4. The number of hydrogen-bond donors (Lipinski definition) is 2. The number of halogens is 6. The molecule has 1 aliphatic rings. The summed E-state index contributed by atoms with van der Waals surface area (Å²) in [4.78, 5) is 27.2. The molecule has 1 amide bonds. The van der Waals surface area contributed by atoms with Crippen LogP contribution < -0.4 is 10.9 Å². The van der Waals surface area contributed by atoms with Gasteiger partial charge in [-0.05, 0) is 35.7 Å².